The minimum Gasteiger partial charge on any atom is -0.416 e. The topological polar surface area (TPSA) is 76.3 Å². The highest BCUT2D eigenvalue weighted by molar-refractivity contribution is 7.89. The normalized spacial score (nSPS) is 15.6. The van der Waals surface area contributed by atoms with Gasteiger partial charge in [-0.05, 0) is 61.7 Å². The van der Waals surface area contributed by atoms with Crippen molar-refractivity contribution in [1.82, 2.24) is 14.5 Å². The van der Waals surface area contributed by atoms with Crippen molar-refractivity contribution < 1.29 is 12.8 Å². The molecule has 3 aromatic rings. The highest BCUT2D eigenvalue weighted by Gasteiger charge is 2.27. The van der Waals surface area contributed by atoms with Crippen LogP contribution in [0.1, 0.15) is 24.8 Å². The van der Waals surface area contributed by atoms with Crippen molar-refractivity contribution in [1.29, 1.82) is 0 Å². The zero-order valence-electron chi connectivity index (χ0n) is 15.4. The first-order chi connectivity index (χ1) is 13.4. The number of nitrogens with zero attached hydrogens (tertiary/aromatic N) is 3. The molecular weight excluding hydrogens is 398 g/mol. The van der Waals surface area contributed by atoms with Crippen LogP contribution in [0.5, 0.6) is 0 Å². The average Bonchev–Trinajstić information content (AvgIpc) is 3.19. The molecule has 1 aliphatic rings. The summed E-state index contributed by atoms with van der Waals surface area (Å²) in [5.74, 6) is 0.647. The van der Waals surface area contributed by atoms with Gasteiger partial charge in [-0.3, -0.25) is 0 Å². The van der Waals surface area contributed by atoms with Crippen molar-refractivity contribution in [3.8, 4) is 22.9 Å². The van der Waals surface area contributed by atoms with Crippen LogP contribution in [0, 0.1) is 6.92 Å². The third kappa shape index (κ3) is 3.70. The quantitative estimate of drug-likeness (QED) is 0.622. The summed E-state index contributed by atoms with van der Waals surface area (Å²) < 4.78 is 33.3. The van der Waals surface area contributed by atoms with Crippen LogP contribution >= 0.6 is 11.6 Å². The molecule has 1 aromatic heterocycles. The Kier molecular flexibility index (Phi) is 5.23. The SMILES string of the molecule is Cc1ccc(S(=O)(=O)N2CCCCC2)cc1-c1nnc(-c2ccc(Cl)cc2)o1. The first kappa shape index (κ1) is 19.1. The minimum absolute atomic E-state index is 0.251. The summed E-state index contributed by atoms with van der Waals surface area (Å²) in [7, 11) is -3.53. The molecule has 4 rings (SSSR count). The van der Waals surface area contributed by atoms with Crippen LogP contribution in [-0.2, 0) is 10.0 Å². The highest BCUT2D eigenvalue weighted by atomic mass is 35.5. The zero-order valence-corrected chi connectivity index (χ0v) is 17.0. The Morgan fingerprint density at radius 3 is 2.36 bits per heavy atom. The Hall–Kier alpha value is -2.22. The number of benzene rings is 2. The molecule has 0 aliphatic carbocycles. The van der Waals surface area contributed by atoms with E-state index in [1.807, 2.05) is 6.92 Å². The maximum atomic E-state index is 13.0. The Balaban J connectivity index is 1.69. The second-order valence-electron chi connectivity index (χ2n) is 6.86. The van der Waals surface area contributed by atoms with E-state index in [9.17, 15) is 8.42 Å². The summed E-state index contributed by atoms with van der Waals surface area (Å²) in [6.45, 7) is 3.01. The predicted molar refractivity (Wildman–Crippen MR) is 108 cm³/mol. The second kappa shape index (κ2) is 7.66. The van der Waals surface area contributed by atoms with Crippen LogP contribution in [0.4, 0.5) is 0 Å². The van der Waals surface area contributed by atoms with E-state index in [4.69, 9.17) is 16.0 Å². The van der Waals surface area contributed by atoms with Gasteiger partial charge in [0.1, 0.15) is 0 Å². The number of hydrogen-bond donors (Lipinski definition) is 0. The van der Waals surface area contributed by atoms with Gasteiger partial charge in [-0.15, -0.1) is 10.2 Å². The molecule has 0 radical (unpaired) electrons. The fraction of sp³-hybridized carbons (Fsp3) is 0.300. The maximum absolute atomic E-state index is 13.0. The third-order valence-corrected chi connectivity index (χ3v) is 7.06. The average molecular weight is 418 g/mol. The Bertz CT molecular complexity index is 1090. The van der Waals surface area contributed by atoms with Gasteiger partial charge in [0.05, 0.1) is 4.90 Å². The summed E-state index contributed by atoms with van der Waals surface area (Å²) in [6, 6.07) is 12.1. The van der Waals surface area contributed by atoms with Crippen molar-refractivity contribution in [2.24, 2.45) is 0 Å². The third-order valence-electron chi connectivity index (χ3n) is 4.91. The van der Waals surface area contributed by atoms with E-state index >= 15 is 0 Å². The van der Waals surface area contributed by atoms with Gasteiger partial charge in [0, 0.05) is 29.2 Å². The van der Waals surface area contributed by atoms with Gasteiger partial charge in [0.15, 0.2) is 0 Å². The van der Waals surface area contributed by atoms with E-state index in [1.165, 1.54) is 0 Å². The van der Waals surface area contributed by atoms with Crippen LogP contribution in [-0.4, -0.2) is 36.0 Å². The summed E-state index contributed by atoms with van der Waals surface area (Å²) in [6.07, 6.45) is 2.86. The molecule has 1 saturated heterocycles. The molecule has 0 saturated carbocycles. The van der Waals surface area contributed by atoms with Gasteiger partial charge in [-0.2, -0.15) is 4.31 Å². The fourth-order valence-corrected chi connectivity index (χ4v) is 4.96. The van der Waals surface area contributed by atoms with E-state index in [2.05, 4.69) is 10.2 Å². The van der Waals surface area contributed by atoms with Gasteiger partial charge >= 0.3 is 0 Å². The van der Waals surface area contributed by atoms with Crippen molar-refractivity contribution in [2.75, 3.05) is 13.1 Å². The zero-order chi connectivity index (χ0) is 19.7. The molecule has 2 aromatic carbocycles. The molecule has 0 atom stereocenters. The lowest BCUT2D eigenvalue weighted by atomic mass is 10.1. The molecule has 0 unspecified atom stereocenters. The molecular formula is C20H20ClN3O3S. The van der Waals surface area contributed by atoms with E-state index in [-0.39, 0.29) is 10.8 Å². The molecule has 1 aliphatic heterocycles. The number of sulfonamides is 1. The standard InChI is InChI=1S/C20H20ClN3O3S/c1-14-5-10-17(28(25,26)24-11-3-2-4-12-24)13-18(14)20-23-22-19(27-20)15-6-8-16(21)9-7-15/h5-10,13H,2-4,11-12H2,1H3. The van der Waals surface area contributed by atoms with Crippen LogP contribution in [0.25, 0.3) is 22.9 Å². The summed E-state index contributed by atoms with van der Waals surface area (Å²) in [5, 5.41) is 8.84. The highest BCUT2D eigenvalue weighted by Crippen LogP contribution is 2.30. The minimum atomic E-state index is -3.53. The van der Waals surface area contributed by atoms with Gasteiger partial charge in [0.25, 0.3) is 0 Å². The second-order valence-corrected chi connectivity index (χ2v) is 9.24. The number of halogens is 1. The monoisotopic (exact) mass is 417 g/mol. The Morgan fingerprint density at radius 2 is 1.64 bits per heavy atom. The molecule has 146 valence electrons. The lowest BCUT2D eigenvalue weighted by molar-refractivity contribution is 0.346. The predicted octanol–water partition coefficient (Wildman–Crippen LogP) is 4.54. The largest absolute Gasteiger partial charge is 0.416 e. The molecule has 0 bridgehead atoms. The number of aryl methyl sites for hydroxylation is 1. The Morgan fingerprint density at radius 1 is 0.964 bits per heavy atom. The van der Waals surface area contributed by atoms with Gasteiger partial charge in [0.2, 0.25) is 21.8 Å². The van der Waals surface area contributed by atoms with Gasteiger partial charge in [-0.25, -0.2) is 8.42 Å². The van der Waals surface area contributed by atoms with Crippen LogP contribution in [0.15, 0.2) is 51.8 Å². The van der Waals surface area contributed by atoms with Crippen molar-refractivity contribution >= 4 is 21.6 Å². The molecule has 0 spiro atoms. The molecule has 6 nitrogen and oxygen atoms in total. The van der Waals surface area contributed by atoms with Crippen molar-refractivity contribution in [3.05, 3.63) is 53.1 Å². The van der Waals surface area contributed by atoms with Crippen molar-refractivity contribution in [3.63, 3.8) is 0 Å². The number of rotatable bonds is 4. The van der Waals surface area contributed by atoms with E-state index in [1.54, 1.807) is 46.8 Å². The molecule has 0 amide bonds. The number of aromatic nitrogens is 2. The van der Waals surface area contributed by atoms with Crippen molar-refractivity contribution in [2.45, 2.75) is 31.1 Å². The molecule has 8 heteroatoms. The Labute approximate surface area is 169 Å². The van der Waals surface area contributed by atoms with E-state index in [0.29, 0.717) is 29.6 Å². The molecule has 28 heavy (non-hydrogen) atoms. The molecule has 1 fully saturated rings. The summed E-state index contributed by atoms with van der Waals surface area (Å²) in [4.78, 5) is 0.251. The van der Waals surface area contributed by atoms with Crippen LogP contribution in [0.3, 0.4) is 0 Å². The maximum Gasteiger partial charge on any atom is 0.248 e. The first-order valence-electron chi connectivity index (χ1n) is 9.16. The lowest BCUT2D eigenvalue weighted by Crippen LogP contribution is -2.35. The fourth-order valence-electron chi connectivity index (χ4n) is 3.29. The van der Waals surface area contributed by atoms with Crippen LogP contribution < -0.4 is 0 Å². The smallest absolute Gasteiger partial charge is 0.248 e. The van der Waals surface area contributed by atoms with Crippen LogP contribution in [0.2, 0.25) is 5.02 Å². The summed E-state index contributed by atoms with van der Waals surface area (Å²) in [5.41, 5.74) is 2.23. The first-order valence-corrected chi connectivity index (χ1v) is 11.0. The number of hydrogen-bond acceptors (Lipinski definition) is 5. The van der Waals surface area contributed by atoms with E-state index in [0.717, 1.165) is 30.4 Å². The molecule has 0 N–H and O–H groups in total. The molecule has 2 heterocycles. The summed E-state index contributed by atoms with van der Waals surface area (Å²) >= 11 is 5.92. The lowest BCUT2D eigenvalue weighted by Gasteiger charge is -2.26. The van der Waals surface area contributed by atoms with Gasteiger partial charge in [-0.1, -0.05) is 24.1 Å². The van der Waals surface area contributed by atoms with E-state index < -0.39 is 10.0 Å². The number of piperidine rings is 1. The van der Waals surface area contributed by atoms with Gasteiger partial charge < -0.3 is 4.42 Å².